The van der Waals surface area contributed by atoms with E-state index in [9.17, 15) is 4.79 Å². The number of anilines is 2. The minimum atomic E-state index is -0.0587. The molecule has 1 N–H and O–H groups in total. The fourth-order valence-electron chi connectivity index (χ4n) is 3.28. The first-order valence-corrected chi connectivity index (χ1v) is 9.98. The summed E-state index contributed by atoms with van der Waals surface area (Å²) < 4.78 is 6.81. The van der Waals surface area contributed by atoms with Crippen LogP contribution in [0.1, 0.15) is 6.92 Å². The molecule has 2 amide bonds. The maximum absolute atomic E-state index is 12.6. The number of hydrogen-bond donors (Lipinski definition) is 1. The second kappa shape index (κ2) is 7.84. The molecule has 0 bridgehead atoms. The van der Waals surface area contributed by atoms with Gasteiger partial charge in [0.1, 0.15) is 5.75 Å². The SMILES string of the molecule is CCOc1ccccc1N1CCN(C(=O)Nc2ccc3ncsc3c2)CC1. The fourth-order valence-corrected chi connectivity index (χ4v) is 4.00. The minimum absolute atomic E-state index is 0.0587. The van der Waals surface area contributed by atoms with Gasteiger partial charge >= 0.3 is 6.03 Å². The van der Waals surface area contributed by atoms with Crippen molar-refractivity contribution < 1.29 is 9.53 Å². The van der Waals surface area contributed by atoms with E-state index in [1.807, 2.05) is 53.7 Å². The Morgan fingerprint density at radius 3 is 2.81 bits per heavy atom. The van der Waals surface area contributed by atoms with Gasteiger partial charge in [-0.25, -0.2) is 9.78 Å². The predicted octanol–water partition coefficient (Wildman–Crippen LogP) is 4.05. The lowest BCUT2D eigenvalue weighted by molar-refractivity contribution is 0.208. The van der Waals surface area contributed by atoms with E-state index in [1.54, 1.807) is 11.3 Å². The van der Waals surface area contributed by atoms with Gasteiger partial charge in [0.25, 0.3) is 0 Å². The molecule has 1 aromatic heterocycles. The Morgan fingerprint density at radius 1 is 1.19 bits per heavy atom. The van der Waals surface area contributed by atoms with Crippen LogP contribution < -0.4 is 15.0 Å². The van der Waals surface area contributed by atoms with Crippen molar-refractivity contribution in [1.82, 2.24) is 9.88 Å². The molecule has 0 radical (unpaired) electrons. The van der Waals surface area contributed by atoms with Crippen molar-refractivity contribution >= 4 is 39.0 Å². The van der Waals surface area contributed by atoms with Crippen LogP contribution in [0.15, 0.2) is 48.0 Å². The van der Waals surface area contributed by atoms with Gasteiger partial charge in [0.15, 0.2) is 0 Å². The van der Waals surface area contributed by atoms with Crippen LogP contribution in [0.2, 0.25) is 0 Å². The number of rotatable bonds is 4. The number of ether oxygens (including phenoxy) is 1. The monoisotopic (exact) mass is 382 g/mol. The Kier molecular flexibility index (Phi) is 5.11. The molecule has 1 fully saturated rings. The van der Waals surface area contributed by atoms with Crippen molar-refractivity contribution in [3.63, 3.8) is 0 Å². The lowest BCUT2D eigenvalue weighted by Gasteiger charge is -2.36. The third kappa shape index (κ3) is 3.83. The number of piperazine rings is 1. The number of carbonyl (C=O) groups is 1. The van der Waals surface area contributed by atoms with E-state index in [0.717, 1.165) is 40.4 Å². The normalized spacial score (nSPS) is 14.4. The maximum atomic E-state index is 12.6. The van der Waals surface area contributed by atoms with Crippen molar-refractivity contribution in [1.29, 1.82) is 0 Å². The zero-order valence-electron chi connectivity index (χ0n) is 15.2. The number of amides is 2. The van der Waals surface area contributed by atoms with Crippen LogP contribution in [-0.4, -0.2) is 48.7 Å². The van der Waals surface area contributed by atoms with Crippen LogP contribution >= 0.6 is 11.3 Å². The quantitative estimate of drug-likeness (QED) is 0.740. The molecule has 27 heavy (non-hydrogen) atoms. The summed E-state index contributed by atoms with van der Waals surface area (Å²) in [7, 11) is 0. The van der Waals surface area contributed by atoms with E-state index in [-0.39, 0.29) is 6.03 Å². The second-order valence-electron chi connectivity index (χ2n) is 6.34. The number of benzene rings is 2. The molecular weight excluding hydrogens is 360 g/mol. The third-order valence-corrected chi connectivity index (χ3v) is 5.45. The van der Waals surface area contributed by atoms with E-state index in [2.05, 4.69) is 21.3 Å². The first-order chi connectivity index (χ1) is 13.2. The molecule has 0 spiro atoms. The van der Waals surface area contributed by atoms with Crippen LogP contribution in [0.5, 0.6) is 5.75 Å². The molecular formula is C20H22N4O2S. The van der Waals surface area contributed by atoms with Gasteiger partial charge in [-0.1, -0.05) is 12.1 Å². The Hall–Kier alpha value is -2.80. The van der Waals surface area contributed by atoms with E-state index < -0.39 is 0 Å². The van der Waals surface area contributed by atoms with Crippen molar-refractivity contribution in [2.24, 2.45) is 0 Å². The molecule has 2 aromatic carbocycles. The van der Waals surface area contributed by atoms with Gasteiger partial charge in [0, 0.05) is 31.9 Å². The maximum Gasteiger partial charge on any atom is 0.321 e. The van der Waals surface area contributed by atoms with E-state index in [1.165, 1.54) is 0 Å². The Bertz CT molecular complexity index is 934. The summed E-state index contributed by atoms with van der Waals surface area (Å²) in [6.45, 7) is 5.55. The molecule has 4 rings (SSSR count). The summed E-state index contributed by atoms with van der Waals surface area (Å²) in [5, 5.41) is 3.00. The average molecular weight is 382 g/mol. The molecule has 0 unspecified atom stereocenters. The van der Waals surface area contributed by atoms with Crippen LogP contribution in [-0.2, 0) is 0 Å². The van der Waals surface area contributed by atoms with Crippen molar-refractivity contribution in [2.75, 3.05) is 43.0 Å². The molecule has 6 nitrogen and oxygen atoms in total. The van der Waals surface area contributed by atoms with Gasteiger partial charge in [0.2, 0.25) is 0 Å². The van der Waals surface area contributed by atoms with Gasteiger partial charge in [0.05, 0.1) is 28.0 Å². The molecule has 1 saturated heterocycles. The molecule has 1 aliphatic heterocycles. The Labute approximate surface area is 162 Å². The first-order valence-electron chi connectivity index (χ1n) is 9.10. The molecule has 7 heteroatoms. The van der Waals surface area contributed by atoms with Crippen LogP contribution in [0, 0.1) is 0 Å². The highest BCUT2D eigenvalue weighted by molar-refractivity contribution is 7.16. The summed E-state index contributed by atoms with van der Waals surface area (Å²) in [5.74, 6) is 0.899. The van der Waals surface area contributed by atoms with Crippen LogP contribution in [0.3, 0.4) is 0 Å². The largest absolute Gasteiger partial charge is 0.492 e. The highest BCUT2D eigenvalue weighted by Crippen LogP contribution is 2.29. The number of thiazole rings is 1. The van der Waals surface area contributed by atoms with Crippen molar-refractivity contribution in [2.45, 2.75) is 6.92 Å². The summed E-state index contributed by atoms with van der Waals surface area (Å²) in [6.07, 6.45) is 0. The molecule has 0 aliphatic carbocycles. The molecule has 2 heterocycles. The number of nitrogens with one attached hydrogen (secondary N) is 1. The summed E-state index contributed by atoms with van der Waals surface area (Å²) in [4.78, 5) is 21.0. The lowest BCUT2D eigenvalue weighted by Crippen LogP contribution is -2.50. The number of carbonyl (C=O) groups excluding carboxylic acids is 1. The zero-order valence-corrected chi connectivity index (χ0v) is 16.0. The topological polar surface area (TPSA) is 57.7 Å². The molecule has 1 aliphatic rings. The molecule has 0 atom stereocenters. The standard InChI is InChI=1S/C20H22N4O2S/c1-2-26-18-6-4-3-5-17(18)23-9-11-24(12-10-23)20(25)22-15-7-8-16-19(13-15)27-14-21-16/h3-8,13-14H,2,9-12H2,1H3,(H,22,25). The van der Waals surface area contributed by atoms with Gasteiger partial charge in [-0.3, -0.25) is 0 Å². The second-order valence-corrected chi connectivity index (χ2v) is 7.23. The average Bonchev–Trinajstić information content (AvgIpc) is 3.17. The number of fused-ring (bicyclic) bond motifs is 1. The van der Waals surface area contributed by atoms with Gasteiger partial charge < -0.3 is 19.9 Å². The fraction of sp³-hybridized carbons (Fsp3) is 0.300. The zero-order chi connectivity index (χ0) is 18.6. The van der Waals surface area contributed by atoms with Gasteiger partial charge in [-0.15, -0.1) is 11.3 Å². The molecule has 3 aromatic rings. The van der Waals surface area contributed by atoms with E-state index in [0.29, 0.717) is 19.7 Å². The lowest BCUT2D eigenvalue weighted by atomic mass is 10.2. The third-order valence-electron chi connectivity index (χ3n) is 4.66. The molecule has 140 valence electrons. The number of nitrogens with zero attached hydrogens (tertiary/aromatic N) is 3. The summed E-state index contributed by atoms with van der Waals surface area (Å²) >= 11 is 1.57. The number of urea groups is 1. The van der Waals surface area contributed by atoms with Crippen LogP contribution in [0.4, 0.5) is 16.2 Å². The first kappa shape index (κ1) is 17.6. The number of aromatic nitrogens is 1. The van der Waals surface area contributed by atoms with Crippen molar-refractivity contribution in [3.05, 3.63) is 48.0 Å². The van der Waals surface area contributed by atoms with Gasteiger partial charge in [-0.05, 0) is 37.3 Å². The Balaban J connectivity index is 1.38. The molecule has 0 saturated carbocycles. The number of hydrogen-bond acceptors (Lipinski definition) is 5. The number of para-hydroxylation sites is 2. The smallest absolute Gasteiger partial charge is 0.321 e. The highest BCUT2D eigenvalue weighted by Gasteiger charge is 2.23. The van der Waals surface area contributed by atoms with Crippen LogP contribution in [0.25, 0.3) is 10.2 Å². The highest BCUT2D eigenvalue weighted by atomic mass is 32.1. The van der Waals surface area contributed by atoms with Crippen molar-refractivity contribution in [3.8, 4) is 5.75 Å². The summed E-state index contributed by atoms with van der Waals surface area (Å²) in [6, 6.07) is 13.8. The predicted molar refractivity (Wildman–Crippen MR) is 110 cm³/mol. The minimum Gasteiger partial charge on any atom is -0.492 e. The Morgan fingerprint density at radius 2 is 2.00 bits per heavy atom. The van der Waals surface area contributed by atoms with Gasteiger partial charge in [-0.2, -0.15) is 0 Å². The summed E-state index contributed by atoms with van der Waals surface area (Å²) in [5.41, 5.74) is 4.67. The van der Waals surface area contributed by atoms with E-state index in [4.69, 9.17) is 4.74 Å². The van der Waals surface area contributed by atoms with E-state index >= 15 is 0 Å².